The van der Waals surface area contributed by atoms with Gasteiger partial charge in [0.25, 0.3) is 5.91 Å². The summed E-state index contributed by atoms with van der Waals surface area (Å²) in [6.07, 6.45) is 1.83. The van der Waals surface area contributed by atoms with E-state index in [1.165, 1.54) is 17.8 Å². The van der Waals surface area contributed by atoms with Crippen molar-refractivity contribution < 1.29 is 13.9 Å². The van der Waals surface area contributed by atoms with Gasteiger partial charge in [-0.1, -0.05) is 54.6 Å². The van der Waals surface area contributed by atoms with Gasteiger partial charge in [0.05, 0.1) is 19.9 Å². The highest BCUT2D eigenvalue weighted by atomic mass is 127. The molecule has 184 valence electrons. The molecule has 1 fully saturated rings. The number of nitrogens with zero attached hydrogens (tertiary/aromatic N) is 2. The molecule has 1 aliphatic heterocycles. The largest absolute Gasteiger partial charge is 0.487 e. The van der Waals surface area contributed by atoms with Crippen molar-refractivity contribution in [1.82, 2.24) is 0 Å². The van der Waals surface area contributed by atoms with E-state index in [0.29, 0.717) is 21.4 Å². The number of carbonyl (C=O) groups excluding carboxylic acids is 1. The molecule has 0 saturated carbocycles. The van der Waals surface area contributed by atoms with E-state index in [1.807, 2.05) is 78.9 Å². The molecule has 5 rings (SSSR count). The van der Waals surface area contributed by atoms with Crippen LogP contribution in [-0.4, -0.2) is 11.1 Å². The fraction of sp³-hybridized carbons (Fsp3) is 0.0345. The van der Waals surface area contributed by atoms with E-state index in [4.69, 9.17) is 9.73 Å². The summed E-state index contributed by atoms with van der Waals surface area (Å²) in [5.41, 5.74) is 2.72. The Hall–Kier alpha value is -2.70. The maximum absolute atomic E-state index is 14.2. The van der Waals surface area contributed by atoms with Crippen molar-refractivity contribution in [2.45, 2.75) is 6.61 Å². The summed E-state index contributed by atoms with van der Waals surface area (Å²) in [5, 5.41) is 0.572. The molecule has 0 radical (unpaired) electrons. The second-order valence-electron chi connectivity index (χ2n) is 8.00. The molecule has 37 heavy (non-hydrogen) atoms. The molecule has 0 aromatic heterocycles. The van der Waals surface area contributed by atoms with Gasteiger partial charge in [0, 0.05) is 14.7 Å². The van der Waals surface area contributed by atoms with Gasteiger partial charge >= 0.3 is 0 Å². The number of thioether (sulfide) groups is 1. The lowest BCUT2D eigenvalue weighted by Gasteiger charge is -2.15. The number of hydrogen-bond donors (Lipinski definition) is 0. The Kier molecular flexibility index (Phi) is 8.26. The molecule has 8 heteroatoms. The first kappa shape index (κ1) is 25.9. The Morgan fingerprint density at radius 2 is 1.59 bits per heavy atom. The van der Waals surface area contributed by atoms with Crippen LogP contribution in [0, 0.1) is 13.0 Å². The standard InChI is InChI=1S/C29H19FI2N2O2S/c30-24-14-8-7-9-19(24)18-36-27-20(15-21(31)17-25(27)32)16-26-28(35)34(23-12-5-2-6-13-23)29(37-26)33-22-10-3-1-4-11-22/h1-17H,18H2/b26-16-,33-29?. The Labute approximate surface area is 245 Å². The molecule has 4 aromatic rings. The molecular weight excluding hydrogens is 713 g/mol. The van der Waals surface area contributed by atoms with Gasteiger partial charge in [-0.15, -0.1) is 0 Å². The SMILES string of the molecule is O=C1/C(=C/c2cc(I)cc(I)c2OCc2ccccc2F)SC(=Nc2ccccc2)N1c1ccccc1. The molecule has 0 unspecified atom stereocenters. The van der Waals surface area contributed by atoms with Crippen molar-refractivity contribution in [3.63, 3.8) is 0 Å². The third kappa shape index (κ3) is 6.07. The van der Waals surface area contributed by atoms with Gasteiger partial charge < -0.3 is 4.74 Å². The molecule has 4 nitrogen and oxygen atoms in total. The predicted molar refractivity (Wildman–Crippen MR) is 166 cm³/mol. The smallest absolute Gasteiger partial charge is 0.271 e. The number of amidine groups is 1. The van der Waals surface area contributed by atoms with Crippen LogP contribution < -0.4 is 9.64 Å². The Morgan fingerprint density at radius 1 is 0.919 bits per heavy atom. The third-order valence-electron chi connectivity index (χ3n) is 5.46. The summed E-state index contributed by atoms with van der Waals surface area (Å²) < 4.78 is 22.2. The van der Waals surface area contributed by atoms with Crippen molar-refractivity contribution in [1.29, 1.82) is 0 Å². The van der Waals surface area contributed by atoms with Crippen LogP contribution in [-0.2, 0) is 11.4 Å². The Morgan fingerprint density at radius 3 is 2.32 bits per heavy atom. The highest BCUT2D eigenvalue weighted by Crippen LogP contribution is 2.39. The average molecular weight is 732 g/mol. The lowest BCUT2D eigenvalue weighted by atomic mass is 10.1. The molecule has 1 saturated heterocycles. The van der Waals surface area contributed by atoms with Crippen LogP contribution in [0.25, 0.3) is 6.08 Å². The highest BCUT2D eigenvalue weighted by Gasteiger charge is 2.35. The molecule has 1 heterocycles. The minimum Gasteiger partial charge on any atom is -0.487 e. The van der Waals surface area contributed by atoms with Crippen LogP contribution in [0.4, 0.5) is 15.8 Å². The maximum Gasteiger partial charge on any atom is 0.271 e. The zero-order valence-corrected chi connectivity index (χ0v) is 24.4. The molecular formula is C29H19FI2N2O2S. The monoisotopic (exact) mass is 732 g/mol. The first-order chi connectivity index (χ1) is 18.0. The van der Waals surface area contributed by atoms with Crippen LogP contribution in [0.1, 0.15) is 11.1 Å². The zero-order valence-electron chi connectivity index (χ0n) is 19.3. The van der Waals surface area contributed by atoms with Crippen molar-refractivity contribution in [2.75, 3.05) is 4.90 Å². The predicted octanol–water partition coefficient (Wildman–Crippen LogP) is 8.42. The van der Waals surface area contributed by atoms with E-state index in [-0.39, 0.29) is 18.3 Å². The number of amides is 1. The van der Waals surface area contributed by atoms with E-state index >= 15 is 0 Å². The van der Waals surface area contributed by atoms with Crippen LogP contribution in [0.2, 0.25) is 0 Å². The highest BCUT2D eigenvalue weighted by molar-refractivity contribution is 14.1. The molecule has 0 spiro atoms. The zero-order chi connectivity index (χ0) is 25.8. The van der Waals surface area contributed by atoms with Crippen LogP contribution in [0.5, 0.6) is 5.75 Å². The summed E-state index contributed by atoms with van der Waals surface area (Å²) in [5.74, 6) is 0.120. The molecule has 0 aliphatic carbocycles. The fourth-order valence-electron chi connectivity index (χ4n) is 3.71. The first-order valence-electron chi connectivity index (χ1n) is 11.3. The Bertz CT molecular complexity index is 1510. The lowest BCUT2D eigenvalue weighted by molar-refractivity contribution is -0.113. The second kappa shape index (κ2) is 11.8. The van der Waals surface area contributed by atoms with Crippen molar-refractivity contribution >= 4 is 85.5 Å². The number of rotatable bonds is 6. The van der Waals surface area contributed by atoms with Gasteiger partial charge in [0.1, 0.15) is 18.2 Å². The molecule has 0 bridgehead atoms. The van der Waals surface area contributed by atoms with E-state index < -0.39 is 0 Å². The number of para-hydroxylation sites is 2. The molecule has 0 N–H and O–H groups in total. The Balaban J connectivity index is 1.53. The van der Waals surface area contributed by atoms with E-state index in [2.05, 4.69) is 45.2 Å². The van der Waals surface area contributed by atoms with Gasteiger partial charge in [-0.25, -0.2) is 9.38 Å². The van der Waals surface area contributed by atoms with E-state index in [0.717, 1.165) is 24.1 Å². The van der Waals surface area contributed by atoms with Gasteiger partial charge in [0.2, 0.25) is 0 Å². The third-order valence-corrected chi connectivity index (χ3v) is 7.85. The summed E-state index contributed by atoms with van der Waals surface area (Å²) in [6.45, 7) is 0.0807. The molecule has 1 amide bonds. The molecule has 4 aromatic carbocycles. The summed E-state index contributed by atoms with van der Waals surface area (Å²) in [7, 11) is 0. The fourth-order valence-corrected chi connectivity index (χ4v) is 6.75. The summed E-state index contributed by atoms with van der Waals surface area (Å²) in [4.78, 5) is 20.6. The minimum absolute atomic E-state index is 0.0807. The first-order valence-corrected chi connectivity index (χ1v) is 14.2. The van der Waals surface area contributed by atoms with Crippen LogP contribution >= 0.6 is 56.9 Å². The minimum atomic E-state index is -0.315. The number of halogens is 3. The van der Waals surface area contributed by atoms with Crippen molar-refractivity contribution in [3.8, 4) is 5.75 Å². The topological polar surface area (TPSA) is 41.9 Å². The second-order valence-corrected chi connectivity index (χ2v) is 11.4. The van der Waals surface area contributed by atoms with Crippen molar-refractivity contribution in [2.24, 2.45) is 4.99 Å². The van der Waals surface area contributed by atoms with Crippen LogP contribution in [0.3, 0.4) is 0 Å². The van der Waals surface area contributed by atoms with Crippen LogP contribution in [0.15, 0.2) is 107 Å². The number of ether oxygens (including phenoxy) is 1. The van der Waals surface area contributed by atoms with Gasteiger partial charge in [-0.3, -0.25) is 9.69 Å². The van der Waals surface area contributed by atoms with Crippen molar-refractivity contribution in [3.05, 3.63) is 126 Å². The van der Waals surface area contributed by atoms with Gasteiger partial charge in [0.15, 0.2) is 5.17 Å². The summed E-state index contributed by atoms with van der Waals surface area (Å²) in [6, 6.07) is 29.5. The maximum atomic E-state index is 14.2. The number of anilines is 1. The van der Waals surface area contributed by atoms with E-state index in [9.17, 15) is 9.18 Å². The number of benzene rings is 4. The summed E-state index contributed by atoms with van der Waals surface area (Å²) >= 11 is 5.77. The quantitative estimate of drug-likeness (QED) is 0.148. The lowest BCUT2D eigenvalue weighted by Crippen LogP contribution is -2.28. The van der Waals surface area contributed by atoms with Gasteiger partial charge in [-0.05, 0) is 105 Å². The molecule has 1 aliphatic rings. The number of carbonyl (C=O) groups is 1. The average Bonchev–Trinajstić information content (AvgIpc) is 3.19. The number of aliphatic imine (C=N–C) groups is 1. The van der Waals surface area contributed by atoms with E-state index in [1.54, 1.807) is 23.1 Å². The molecule has 0 atom stereocenters. The number of hydrogen-bond acceptors (Lipinski definition) is 4. The van der Waals surface area contributed by atoms with Gasteiger partial charge in [-0.2, -0.15) is 0 Å². The normalized spacial score (nSPS) is 15.5.